The number of unbranched alkanes of at least 4 members (excludes halogenated alkanes) is 2. The molecule has 0 aliphatic carbocycles. The molecule has 0 saturated carbocycles. The molecular weight excluding hydrogens is 428 g/mol. The third kappa shape index (κ3) is 8.74. The fraction of sp³-hybridized carbons (Fsp3) is 0.625. The van der Waals surface area contributed by atoms with Crippen LogP contribution in [0, 0.1) is 41.5 Å². The molecule has 0 radical (unpaired) electrons. The first kappa shape index (κ1) is 29.5. The Bertz CT molecular complexity index is 843. The fourth-order valence-electron chi connectivity index (χ4n) is 5.96. The molecule has 2 aromatic carbocycles. The van der Waals surface area contributed by atoms with Gasteiger partial charge in [0.05, 0.1) is 11.2 Å². The monoisotopic (exact) mass is 480 g/mol. The van der Waals surface area contributed by atoms with Gasteiger partial charge >= 0.3 is 0 Å². The van der Waals surface area contributed by atoms with Crippen molar-refractivity contribution in [3.05, 3.63) is 68.8 Å². The molecule has 0 aromatic heterocycles. The Morgan fingerprint density at radius 1 is 0.571 bits per heavy atom. The zero-order valence-electron chi connectivity index (χ0n) is 23.9. The van der Waals surface area contributed by atoms with Crippen molar-refractivity contribution in [3.8, 4) is 0 Å². The van der Waals surface area contributed by atoms with E-state index in [-0.39, 0.29) is 11.2 Å². The Hall–Kier alpha value is -1.68. The van der Waals surface area contributed by atoms with Crippen molar-refractivity contribution < 1.29 is 4.74 Å². The Morgan fingerprint density at radius 3 is 1.17 bits per heavy atom. The van der Waals surface area contributed by atoms with E-state index in [2.05, 4.69) is 79.7 Å². The third-order valence-corrected chi connectivity index (χ3v) is 7.59. The van der Waals surface area contributed by atoms with Crippen molar-refractivity contribution in [1.29, 1.82) is 0 Å². The molecule has 0 amide bonds. The zero-order chi connectivity index (χ0) is 26.2. The number of rotatable bonds is 14. The van der Waals surface area contributed by atoms with Gasteiger partial charge in [-0.15, -0.1) is 0 Å². The van der Waals surface area contributed by atoms with E-state index in [4.69, 9.17) is 16.2 Å². The van der Waals surface area contributed by atoms with Crippen LogP contribution >= 0.6 is 0 Å². The van der Waals surface area contributed by atoms with Crippen LogP contribution in [-0.4, -0.2) is 24.3 Å². The number of aryl methyl sites for hydroxylation is 6. The standard InChI is InChI=1S/C32H52N2O/c1-23-17-25(3)29(26(4)18-23)21-31(7,13-9-11-15-33)35-32(8,14-10-12-16-34)22-30-27(5)19-24(2)20-28(30)6/h17-20H,9-16,21-22,33-34H2,1-8H3. The first-order chi connectivity index (χ1) is 16.4. The lowest BCUT2D eigenvalue weighted by Gasteiger charge is -2.42. The normalized spacial score (nSPS) is 15.1. The summed E-state index contributed by atoms with van der Waals surface area (Å²) < 4.78 is 7.33. The molecule has 0 aliphatic rings. The van der Waals surface area contributed by atoms with Crippen LogP contribution in [0.5, 0.6) is 0 Å². The summed E-state index contributed by atoms with van der Waals surface area (Å²) in [5.74, 6) is 0. The van der Waals surface area contributed by atoms with Crippen LogP contribution in [0.2, 0.25) is 0 Å². The molecule has 0 aliphatic heterocycles. The van der Waals surface area contributed by atoms with E-state index in [1.54, 1.807) is 0 Å². The van der Waals surface area contributed by atoms with Gasteiger partial charge in [-0.3, -0.25) is 0 Å². The second-order valence-electron chi connectivity index (χ2n) is 11.6. The van der Waals surface area contributed by atoms with Crippen molar-refractivity contribution in [2.24, 2.45) is 11.5 Å². The largest absolute Gasteiger partial charge is 0.368 e. The molecule has 2 unspecified atom stereocenters. The Labute approximate surface area is 216 Å². The molecule has 0 spiro atoms. The number of benzene rings is 2. The molecule has 196 valence electrons. The smallest absolute Gasteiger partial charge is 0.0702 e. The molecule has 0 saturated heterocycles. The molecule has 35 heavy (non-hydrogen) atoms. The van der Waals surface area contributed by atoms with E-state index >= 15 is 0 Å². The zero-order valence-corrected chi connectivity index (χ0v) is 23.9. The highest BCUT2D eigenvalue weighted by Gasteiger charge is 2.37. The van der Waals surface area contributed by atoms with Crippen molar-refractivity contribution in [2.75, 3.05) is 13.1 Å². The highest BCUT2D eigenvalue weighted by Crippen LogP contribution is 2.37. The van der Waals surface area contributed by atoms with E-state index in [1.807, 2.05) is 0 Å². The van der Waals surface area contributed by atoms with E-state index in [9.17, 15) is 0 Å². The third-order valence-electron chi connectivity index (χ3n) is 7.59. The summed E-state index contributed by atoms with van der Waals surface area (Å²) in [5.41, 5.74) is 22.2. The lowest BCUT2D eigenvalue weighted by Crippen LogP contribution is -2.44. The average Bonchev–Trinajstić information content (AvgIpc) is 2.74. The highest BCUT2D eigenvalue weighted by atomic mass is 16.5. The van der Waals surface area contributed by atoms with Gasteiger partial charge in [0.1, 0.15) is 0 Å². The second kappa shape index (κ2) is 13.0. The van der Waals surface area contributed by atoms with Crippen molar-refractivity contribution in [2.45, 2.75) is 118 Å². The first-order valence-electron chi connectivity index (χ1n) is 13.7. The topological polar surface area (TPSA) is 61.3 Å². The van der Waals surface area contributed by atoms with E-state index < -0.39 is 0 Å². The van der Waals surface area contributed by atoms with Crippen molar-refractivity contribution >= 4 is 0 Å². The second-order valence-corrected chi connectivity index (χ2v) is 11.6. The van der Waals surface area contributed by atoms with Crippen LogP contribution in [0.4, 0.5) is 0 Å². The van der Waals surface area contributed by atoms with Crippen LogP contribution in [0.3, 0.4) is 0 Å². The lowest BCUT2D eigenvalue weighted by atomic mass is 9.82. The van der Waals surface area contributed by atoms with Gasteiger partial charge in [-0.05, 0) is 140 Å². The van der Waals surface area contributed by atoms with Gasteiger partial charge in [0.15, 0.2) is 0 Å². The number of nitrogens with two attached hydrogens (primary N) is 2. The summed E-state index contributed by atoms with van der Waals surface area (Å²) in [6.45, 7) is 19.5. The van der Waals surface area contributed by atoms with Crippen LogP contribution in [0.15, 0.2) is 24.3 Å². The predicted molar refractivity (Wildman–Crippen MR) is 152 cm³/mol. The van der Waals surface area contributed by atoms with Crippen LogP contribution < -0.4 is 11.5 Å². The van der Waals surface area contributed by atoms with Gasteiger partial charge in [-0.25, -0.2) is 0 Å². The Balaban J connectivity index is 2.44. The lowest BCUT2D eigenvalue weighted by molar-refractivity contribution is -0.148. The summed E-state index contributed by atoms with van der Waals surface area (Å²) in [6.07, 6.45) is 8.10. The number of hydrogen-bond acceptors (Lipinski definition) is 3. The van der Waals surface area contributed by atoms with Crippen molar-refractivity contribution in [1.82, 2.24) is 0 Å². The maximum Gasteiger partial charge on any atom is 0.0702 e. The van der Waals surface area contributed by atoms with Crippen LogP contribution in [0.1, 0.15) is 96.9 Å². The maximum absolute atomic E-state index is 7.33. The molecule has 0 heterocycles. The summed E-state index contributed by atoms with van der Waals surface area (Å²) in [6, 6.07) is 9.23. The van der Waals surface area contributed by atoms with E-state index in [0.717, 1.165) is 64.5 Å². The van der Waals surface area contributed by atoms with Gasteiger partial charge in [0.2, 0.25) is 0 Å². The Morgan fingerprint density at radius 2 is 0.886 bits per heavy atom. The van der Waals surface area contributed by atoms with Gasteiger partial charge in [-0.2, -0.15) is 0 Å². The minimum absolute atomic E-state index is 0.260. The number of ether oxygens (including phenoxy) is 1. The van der Waals surface area contributed by atoms with Gasteiger partial charge < -0.3 is 16.2 Å². The Kier molecular flexibility index (Phi) is 11.0. The molecule has 0 bridgehead atoms. The minimum Gasteiger partial charge on any atom is -0.368 e. The highest BCUT2D eigenvalue weighted by molar-refractivity contribution is 5.39. The number of hydrogen-bond donors (Lipinski definition) is 2. The predicted octanol–water partition coefficient (Wildman–Crippen LogP) is 7.11. The maximum atomic E-state index is 7.33. The average molecular weight is 481 g/mol. The summed E-state index contributed by atoms with van der Waals surface area (Å²) in [5, 5.41) is 0. The summed E-state index contributed by atoms with van der Waals surface area (Å²) in [4.78, 5) is 0. The molecule has 0 fully saturated rings. The molecule has 4 N–H and O–H groups in total. The molecule has 3 heteroatoms. The fourth-order valence-corrected chi connectivity index (χ4v) is 5.96. The van der Waals surface area contributed by atoms with Crippen LogP contribution in [0.25, 0.3) is 0 Å². The minimum atomic E-state index is -0.260. The van der Waals surface area contributed by atoms with Gasteiger partial charge in [-0.1, -0.05) is 35.4 Å². The molecule has 2 aromatic rings. The molecular formula is C32H52N2O. The first-order valence-corrected chi connectivity index (χ1v) is 13.7. The molecule has 2 atom stereocenters. The SMILES string of the molecule is Cc1cc(C)c(CC(C)(CCCCN)OC(C)(CCCCN)Cc2c(C)cc(C)cc2C)c(C)c1. The van der Waals surface area contributed by atoms with Gasteiger partial charge in [0, 0.05) is 12.8 Å². The molecule has 3 nitrogen and oxygen atoms in total. The van der Waals surface area contributed by atoms with E-state index in [0.29, 0.717) is 0 Å². The quantitative estimate of drug-likeness (QED) is 0.283. The van der Waals surface area contributed by atoms with Crippen molar-refractivity contribution in [3.63, 3.8) is 0 Å². The van der Waals surface area contributed by atoms with Gasteiger partial charge in [0.25, 0.3) is 0 Å². The summed E-state index contributed by atoms with van der Waals surface area (Å²) >= 11 is 0. The van der Waals surface area contributed by atoms with E-state index in [1.165, 1.54) is 44.5 Å². The summed E-state index contributed by atoms with van der Waals surface area (Å²) in [7, 11) is 0. The molecule has 2 rings (SSSR count). The van der Waals surface area contributed by atoms with Crippen LogP contribution in [-0.2, 0) is 17.6 Å².